The first-order valence-electron chi connectivity index (χ1n) is 7.02. The van der Waals surface area contributed by atoms with Crippen LogP contribution >= 0.6 is 27.7 Å². The maximum Gasteiger partial charge on any atom is 0.192 e. The van der Waals surface area contributed by atoms with Crippen molar-refractivity contribution in [2.24, 2.45) is 0 Å². The molecule has 112 valence electrons. The van der Waals surface area contributed by atoms with Crippen LogP contribution in [0.15, 0.2) is 38.8 Å². The van der Waals surface area contributed by atoms with Gasteiger partial charge >= 0.3 is 0 Å². The molecule has 1 unspecified atom stereocenters. The van der Waals surface area contributed by atoms with E-state index >= 15 is 0 Å². The summed E-state index contributed by atoms with van der Waals surface area (Å²) in [7, 11) is 0. The van der Waals surface area contributed by atoms with E-state index in [1.54, 1.807) is 11.8 Å². The molecule has 0 saturated carbocycles. The highest BCUT2D eigenvalue weighted by atomic mass is 79.9. The average molecular weight is 366 g/mol. The van der Waals surface area contributed by atoms with Crippen LogP contribution in [0.4, 0.5) is 0 Å². The summed E-state index contributed by atoms with van der Waals surface area (Å²) in [6, 6.07) is 8.66. The Labute approximate surface area is 139 Å². The zero-order chi connectivity index (χ0) is 15.4. The van der Waals surface area contributed by atoms with Crippen LogP contribution in [0, 0.1) is 13.8 Å². The Morgan fingerprint density at radius 2 is 1.86 bits per heavy atom. The summed E-state index contributed by atoms with van der Waals surface area (Å²) in [5.41, 5.74) is 3.27. The summed E-state index contributed by atoms with van der Waals surface area (Å²) >= 11 is 5.17. The molecular formula is C16H20BrN3S. The largest absolute Gasteiger partial charge is 0.310 e. The zero-order valence-corrected chi connectivity index (χ0v) is 15.2. The summed E-state index contributed by atoms with van der Waals surface area (Å²) in [6.07, 6.45) is 0. The topological polar surface area (TPSA) is 37.8 Å². The standard InChI is InChI=1S/C16H20BrN3S/c1-5-18-12(4)14-7-6-13(17)9-15(14)21-16-19-10(2)8-11(3)20-16/h6-9,12,18H,5H2,1-4H3. The molecule has 5 heteroatoms. The van der Waals surface area contributed by atoms with E-state index in [9.17, 15) is 0 Å². The zero-order valence-electron chi connectivity index (χ0n) is 12.8. The van der Waals surface area contributed by atoms with Crippen molar-refractivity contribution in [2.75, 3.05) is 6.54 Å². The smallest absolute Gasteiger partial charge is 0.192 e. The Morgan fingerprint density at radius 3 is 2.48 bits per heavy atom. The molecule has 0 aliphatic rings. The molecule has 1 atom stereocenters. The van der Waals surface area contributed by atoms with Crippen molar-refractivity contribution in [1.29, 1.82) is 0 Å². The molecule has 0 saturated heterocycles. The lowest BCUT2D eigenvalue weighted by Gasteiger charge is -2.17. The van der Waals surface area contributed by atoms with Gasteiger partial charge in [0.25, 0.3) is 0 Å². The highest BCUT2D eigenvalue weighted by Crippen LogP contribution is 2.33. The van der Waals surface area contributed by atoms with Crippen molar-refractivity contribution < 1.29 is 0 Å². The van der Waals surface area contributed by atoms with Crippen molar-refractivity contribution in [1.82, 2.24) is 15.3 Å². The van der Waals surface area contributed by atoms with Crippen LogP contribution in [0.5, 0.6) is 0 Å². The molecule has 2 rings (SSSR count). The Morgan fingerprint density at radius 1 is 1.19 bits per heavy atom. The summed E-state index contributed by atoms with van der Waals surface area (Å²) in [5, 5.41) is 4.26. The molecule has 1 aromatic carbocycles. The van der Waals surface area contributed by atoms with Gasteiger partial charge in [-0.1, -0.05) is 28.9 Å². The Hall–Kier alpha value is -0.910. The van der Waals surface area contributed by atoms with Gasteiger partial charge < -0.3 is 5.32 Å². The second kappa shape index (κ2) is 7.38. The molecule has 0 spiro atoms. The van der Waals surface area contributed by atoms with Crippen molar-refractivity contribution in [3.05, 3.63) is 45.7 Å². The maximum atomic E-state index is 4.52. The van der Waals surface area contributed by atoms with Gasteiger partial charge in [-0.25, -0.2) is 9.97 Å². The molecule has 1 N–H and O–H groups in total. The van der Waals surface area contributed by atoms with Gasteiger partial charge in [-0.15, -0.1) is 0 Å². The summed E-state index contributed by atoms with van der Waals surface area (Å²) < 4.78 is 1.07. The quantitative estimate of drug-likeness (QED) is 0.780. The van der Waals surface area contributed by atoms with E-state index in [-0.39, 0.29) is 0 Å². The third-order valence-electron chi connectivity index (χ3n) is 3.12. The molecule has 0 aliphatic heterocycles. The molecule has 0 bridgehead atoms. The van der Waals surface area contributed by atoms with Gasteiger partial charge in [0.05, 0.1) is 0 Å². The van der Waals surface area contributed by atoms with Crippen LogP contribution in [0.1, 0.15) is 36.8 Å². The Bertz CT molecular complexity index is 611. The maximum absolute atomic E-state index is 4.52. The number of nitrogens with zero attached hydrogens (tertiary/aromatic N) is 2. The van der Waals surface area contributed by atoms with E-state index in [1.807, 2.05) is 19.9 Å². The first kappa shape index (κ1) is 16.5. The van der Waals surface area contributed by atoms with Gasteiger partial charge in [0.1, 0.15) is 0 Å². The first-order valence-corrected chi connectivity index (χ1v) is 8.63. The van der Waals surface area contributed by atoms with Crippen molar-refractivity contribution in [3.63, 3.8) is 0 Å². The van der Waals surface area contributed by atoms with E-state index < -0.39 is 0 Å². The average Bonchev–Trinajstić information content (AvgIpc) is 2.37. The number of hydrogen-bond donors (Lipinski definition) is 1. The predicted molar refractivity (Wildman–Crippen MR) is 91.9 cm³/mol. The minimum Gasteiger partial charge on any atom is -0.310 e. The summed E-state index contributed by atoms with van der Waals surface area (Å²) in [4.78, 5) is 10.2. The second-order valence-electron chi connectivity index (χ2n) is 5.00. The lowest BCUT2D eigenvalue weighted by atomic mass is 10.1. The van der Waals surface area contributed by atoms with Gasteiger partial charge in [-0.3, -0.25) is 0 Å². The fraction of sp³-hybridized carbons (Fsp3) is 0.375. The number of aryl methyl sites for hydroxylation is 2. The van der Waals surface area contributed by atoms with Crippen LogP contribution in [0.3, 0.4) is 0 Å². The minimum absolute atomic E-state index is 0.302. The molecule has 21 heavy (non-hydrogen) atoms. The molecule has 3 nitrogen and oxygen atoms in total. The number of benzene rings is 1. The van der Waals surface area contributed by atoms with Crippen molar-refractivity contribution in [2.45, 2.75) is 43.8 Å². The molecular weight excluding hydrogens is 346 g/mol. The van der Waals surface area contributed by atoms with Crippen LogP contribution in [0.2, 0.25) is 0 Å². The molecule has 0 amide bonds. The normalized spacial score (nSPS) is 12.4. The molecule has 0 fully saturated rings. The fourth-order valence-electron chi connectivity index (χ4n) is 2.21. The summed E-state index contributed by atoms with van der Waals surface area (Å²) in [5.74, 6) is 0. The molecule has 1 aromatic heterocycles. The minimum atomic E-state index is 0.302. The lowest BCUT2D eigenvalue weighted by Crippen LogP contribution is -2.18. The lowest BCUT2D eigenvalue weighted by molar-refractivity contribution is 0.589. The highest BCUT2D eigenvalue weighted by molar-refractivity contribution is 9.10. The van der Waals surface area contributed by atoms with Crippen LogP contribution in [-0.2, 0) is 0 Å². The van der Waals surface area contributed by atoms with Crippen LogP contribution in [0.25, 0.3) is 0 Å². The monoisotopic (exact) mass is 365 g/mol. The van der Waals surface area contributed by atoms with E-state index in [0.29, 0.717) is 6.04 Å². The second-order valence-corrected chi connectivity index (χ2v) is 6.92. The first-order chi connectivity index (χ1) is 9.99. The third-order valence-corrected chi connectivity index (χ3v) is 4.55. The predicted octanol–water partition coefficient (Wildman–Crippen LogP) is 4.68. The van der Waals surface area contributed by atoms with Crippen molar-refractivity contribution in [3.8, 4) is 0 Å². The van der Waals surface area contributed by atoms with E-state index in [2.05, 4.69) is 63.3 Å². The number of halogens is 1. The van der Waals surface area contributed by atoms with Gasteiger partial charge in [-0.05, 0) is 62.8 Å². The van der Waals surface area contributed by atoms with Gasteiger partial charge in [0.2, 0.25) is 0 Å². The highest BCUT2D eigenvalue weighted by Gasteiger charge is 2.13. The Balaban J connectivity index is 2.35. The van der Waals surface area contributed by atoms with Gasteiger partial charge in [-0.2, -0.15) is 0 Å². The Kier molecular flexibility index (Phi) is 5.79. The molecule has 0 aliphatic carbocycles. The van der Waals surface area contributed by atoms with E-state index in [1.165, 1.54) is 10.5 Å². The summed E-state index contributed by atoms with van der Waals surface area (Å²) in [6.45, 7) is 9.25. The third kappa shape index (κ3) is 4.53. The van der Waals surface area contributed by atoms with Crippen molar-refractivity contribution >= 4 is 27.7 Å². The fourth-order valence-corrected chi connectivity index (χ4v) is 3.85. The van der Waals surface area contributed by atoms with E-state index in [4.69, 9.17) is 0 Å². The number of aromatic nitrogens is 2. The van der Waals surface area contributed by atoms with E-state index in [0.717, 1.165) is 27.6 Å². The number of nitrogens with one attached hydrogen (secondary N) is 1. The van der Waals surface area contributed by atoms with Gasteiger partial charge in [0.15, 0.2) is 5.16 Å². The van der Waals surface area contributed by atoms with Crippen LogP contribution < -0.4 is 5.32 Å². The molecule has 0 radical (unpaired) electrons. The SMILES string of the molecule is CCNC(C)c1ccc(Br)cc1Sc1nc(C)cc(C)n1. The molecule has 2 aromatic rings. The van der Waals surface area contributed by atoms with Gasteiger partial charge in [0, 0.05) is 26.8 Å². The molecule has 1 heterocycles. The number of rotatable bonds is 5. The van der Waals surface area contributed by atoms with Crippen LogP contribution in [-0.4, -0.2) is 16.5 Å². The number of hydrogen-bond acceptors (Lipinski definition) is 4.